The van der Waals surface area contributed by atoms with Crippen LogP contribution in [0.25, 0.3) is 0 Å². The van der Waals surface area contributed by atoms with Crippen molar-refractivity contribution < 1.29 is 27.0 Å². The van der Waals surface area contributed by atoms with Crippen molar-refractivity contribution in [3.8, 4) is 0 Å². The lowest BCUT2D eigenvalue weighted by Gasteiger charge is -2.07. The molecule has 0 spiro atoms. The monoisotopic (exact) mass is 329 g/mol. The van der Waals surface area contributed by atoms with E-state index in [1.54, 1.807) is 6.07 Å². The van der Waals surface area contributed by atoms with Crippen LogP contribution in [-0.2, 0) is 28.7 Å². The Kier molecular flexibility index (Phi) is 7.55. The van der Waals surface area contributed by atoms with Crippen LogP contribution in [0.15, 0.2) is 35.2 Å². The molecule has 0 aliphatic rings. The van der Waals surface area contributed by atoms with Gasteiger partial charge in [0, 0.05) is 6.42 Å². The lowest BCUT2D eigenvalue weighted by Crippen LogP contribution is -2.29. The summed E-state index contributed by atoms with van der Waals surface area (Å²) in [6.45, 7) is 1.46. The lowest BCUT2D eigenvalue weighted by atomic mass is 10.2. The summed E-state index contributed by atoms with van der Waals surface area (Å²) in [7, 11) is -4.16. The first-order chi connectivity index (χ1) is 10.5. The van der Waals surface area contributed by atoms with Crippen molar-refractivity contribution in [3.05, 3.63) is 30.3 Å². The van der Waals surface area contributed by atoms with Gasteiger partial charge in [-0.1, -0.05) is 38.0 Å². The number of benzene rings is 1. The van der Waals surface area contributed by atoms with Crippen LogP contribution < -0.4 is 5.48 Å². The maximum Gasteiger partial charge on any atom is 0.341 e. The van der Waals surface area contributed by atoms with Gasteiger partial charge in [-0.05, 0) is 18.6 Å². The zero-order chi connectivity index (χ0) is 16.4. The van der Waals surface area contributed by atoms with Gasteiger partial charge in [0.1, 0.15) is 11.4 Å². The number of hydrogen-bond acceptors (Lipinski definition) is 7. The van der Waals surface area contributed by atoms with Crippen molar-refractivity contribution >= 4 is 22.1 Å². The number of carbonyl (C=O) groups is 2. The van der Waals surface area contributed by atoms with Crippen LogP contribution in [-0.4, -0.2) is 26.9 Å². The van der Waals surface area contributed by atoms with Crippen LogP contribution in [0.1, 0.15) is 32.6 Å². The zero-order valence-corrected chi connectivity index (χ0v) is 13.1. The maximum atomic E-state index is 11.7. The molecule has 8 heteroatoms. The van der Waals surface area contributed by atoms with Gasteiger partial charge in [-0.15, -0.1) is 5.48 Å². The molecule has 1 aromatic carbocycles. The molecule has 0 aliphatic heterocycles. The zero-order valence-electron chi connectivity index (χ0n) is 12.3. The highest BCUT2D eigenvalue weighted by Gasteiger charge is 2.19. The Morgan fingerprint density at radius 1 is 1.09 bits per heavy atom. The molecule has 22 heavy (non-hydrogen) atoms. The normalized spacial score (nSPS) is 11.0. The summed E-state index contributed by atoms with van der Waals surface area (Å²) in [5, 5.41) is 0. The van der Waals surface area contributed by atoms with Gasteiger partial charge in [0.05, 0.1) is 0 Å². The molecule has 0 saturated heterocycles. The Morgan fingerprint density at radius 3 is 2.41 bits per heavy atom. The summed E-state index contributed by atoms with van der Waals surface area (Å²) >= 11 is 0. The van der Waals surface area contributed by atoms with Crippen LogP contribution in [0.3, 0.4) is 0 Å². The Labute approximate surface area is 129 Å². The maximum absolute atomic E-state index is 11.7. The standard InChI is InChI=1S/C14H19NO6S/c1-2-3-5-10-13(16)20-15-11-14(17)21-22(18,19)12-8-6-4-7-9-12/h4,6-9,15H,2-3,5,10-11H2,1H3. The van der Waals surface area contributed by atoms with E-state index in [1.165, 1.54) is 24.3 Å². The largest absolute Gasteiger partial charge is 0.370 e. The summed E-state index contributed by atoms with van der Waals surface area (Å²) in [5.41, 5.74) is 2.10. The fourth-order valence-electron chi connectivity index (χ4n) is 1.53. The first-order valence-electron chi connectivity index (χ1n) is 6.90. The highest BCUT2D eigenvalue weighted by Crippen LogP contribution is 2.11. The molecule has 0 aromatic heterocycles. The summed E-state index contributed by atoms with van der Waals surface area (Å²) in [5.74, 6) is -1.57. The second-order valence-electron chi connectivity index (χ2n) is 4.47. The van der Waals surface area contributed by atoms with Gasteiger partial charge in [0.2, 0.25) is 0 Å². The van der Waals surface area contributed by atoms with Crippen LogP contribution in [0.5, 0.6) is 0 Å². The third-order valence-corrected chi connectivity index (χ3v) is 3.88. The van der Waals surface area contributed by atoms with E-state index in [1.807, 2.05) is 6.92 Å². The number of nitrogens with one attached hydrogen (secondary N) is 1. The molecule has 0 radical (unpaired) electrons. The molecular formula is C14H19NO6S. The highest BCUT2D eigenvalue weighted by molar-refractivity contribution is 7.87. The van der Waals surface area contributed by atoms with Gasteiger partial charge in [-0.3, -0.25) is 4.79 Å². The van der Waals surface area contributed by atoms with E-state index in [4.69, 9.17) is 0 Å². The van der Waals surface area contributed by atoms with E-state index in [2.05, 4.69) is 14.5 Å². The predicted molar refractivity (Wildman–Crippen MR) is 78.0 cm³/mol. The van der Waals surface area contributed by atoms with E-state index < -0.39 is 28.6 Å². The first kappa shape index (κ1) is 18.1. The second-order valence-corrected chi connectivity index (χ2v) is 6.02. The molecule has 0 amide bonds. The Hall–Kier alpha value is -1.93. The fraction of sp³-hybridized carbons (Fsp3) is 0.429. The third-order valence-electron chi connectivity index (χ3n) is 2.62. The Bertz CT molecular complexity index is 585. The average molecular weight is 329 g/mol. The lowest BCUT2D eigenvalue weighted by molar-refractivity contribution is -0.153. The fourth-order valence-corrected chi connectivity index (χ4v) is 2.42. The predicted octanol–water partition coefficient (Wildman–Crippen LogP) is 1.55. The Morgan fingerprint density at radius 2 is 1.77 bits per heavy atom. The number of hydroxylamine groups is 1. The average Bonchev–Trinajstić information content (AvgIpc) is 2.48. The summed E-state index contributed by atoms with van der Waals surface area (Å²) < 4.78 is 27.9. The van der Waals surface area contributed by atoms with Gasteiger partial charge < -0.3 is 9.02 Å². The smallest absolute Gasteiger partial charge is 0.341 e. The van der Waals surface area contributed by atoms with Gasteiger partial charge in [-0.25, -0.2) is 4.79 Å². The molecule has 0 fully saturated rings. The van der Waals surface area contributed by atoms with Crippen LogP contribution >= 0.6 is 0 Å². The van der Waals surface area contributed by atoms with Crippen molar-refractivity contribution in [1.82, 2.24) is 5.48 Å². The number of hydrogen-bond donors (Lipinski definition) is 1. The SMILES string of the molecule is CCCCCC(=O)ONCC(=O)OS(=O)(=O)c1ccccc1. The molecule has 7 nitrogen and oxygen atoms in total. The molecule has 0 atom stereocenters. The number of carbonyl (C=O) groups excluding carboxylic acids is 2. The number of unbranched alkanes of at least 4 members (excludes halogenated alkanes) is 2. The van der Waals surface area contributed by atoms with Crippen LogP contribution in [0.4, 0.5) is 0 Å². The summed E-state index contributed by atoms with van der Waals surface area (Å²) in [6, 6.07) is 7.28. The van der Waals surface area contributed by atoms with Gasteiger partial charge in [0.15, 0.2) is 0 Å². The van der Waals surface area contributed by atoms with E-state index in [0.717, 1.165) is 12.8 Å². The molecule has 1 rings (SSSR count). The summed E-state index contributed by atoms with van der Waals surface area (Å²) in [6.07, 6.45) is 2.82. The second kappa shape index (κ2) is 9.16. The van der Waals surface area contributed by atoms with Crippen molar-refractivity contribution in [2.75, 3.05) is 6.54 Å². The van der Waals surface area contributed by atoms with Crippen molar-refractivity contribution in [2.45, 2.75) is 37.5 Å². The molecule has 0 unspecified atom stereocenters. The molecule has 122 valence electrons. The van der Waals surface area contributed by atoms with E-state index in [-0.39, 0.29) is 11.3 Å². The molecular weight excluding hydrogens is 310 g/mol. The first-order valence-corrected chi connectivity index (χ1v) is 8.31. The van der Waals surface area contributed by atoms with Gasteiger partial charge >= 0.3 is 22.1 Å². The Balaban J connectivity index is 2.33. The topological polar surface area (TPSA) is 98.8 Å². The van der Waals surface area contributed by atoms with Crippen LogP contribution in [0.2, 0.25) is 0 Å². The number of rotatable bonds is 9. The van der Waals surface area contributed by atoms with Crippen molar-refractivity contribution in [2.24, 2.45) is 0 Å². The minimum atomic E-state index is -4.16. The summed E-state index contributed by atoms with van der Waals surface area (Å²) in [4.78, 5) is 27.1. The third kappa shape index (κ3) is 6.68. The molecule has 1 aromatic rings. The molecule has 0 heterocycles. The van der Waals surface area contributed by atoms with Crippen LogP contribution in [0, 0.1) is 0 Å². The van der Waals surface area contributed by atoms with E-state index >= 15 is 0 Å². The van der Waals surface area contributed by atoms with E-state index in [9.17, 15) is 18.0 Å². The van der Waals surface area contributed by atoms with Crippen molar-refractivity contribution in [3.63, 3.8) is 0 Å². The highest BCUT2D eigenvalue weighted by atomic mass is 32.2. The minimum Gasteiger partial charge on any atom is -0.370 e. The molecule has 0 aliphatic carbocycles. The molecule has 1 N–H and O–H groups in total. The van der Waals surface area contributed by atoms with E-state index in [0.29, 0.717) is 6.42 Å². The van der Waals surface area contributed by atoms with Gasteiger partial charge in [-0.2, -0.15) is 8.42 Å². The minimum absolute atomic E-state index is 0.125. The molecule has 0 saturated carbocycles. The van der Waals surface area contributed by atoms with Gasteiger partial charge in [0.25, 0.3) is 0 Å². The van der Waals surface area contributed by atoms with Crippen molar-refractivity contribution in [1.29, 1.82) is 0 Å². The quantitative estimate of drug-likeness (QED) is 0.417. The molecule has 0 bridgehead atoms.